The number of methoxy groups -OCH3 is 1. The van der Waals surface area contributed by atoms with Crippen LogP contribution in [0.5, 0.6) is 5.75 Å². The van der Waals surface area contributed by atoms with Gasteiger partial charge in [-0.25, -0.2) is 0 Å². The predicted octanol–water partition coefficient (Wildman–Crippen LogP) is 1.86. The molecule has 112 valence electrons. The van der Waals surface area contributed by atoms with Crippen molar-refractivity contribution in [2.45, 2.75) is 25.3 Å². The van der Waals surface area contributed by atoms with Gasteiger partial charge in [-0.05, 0) is 37.1 Å². The largest absolute Gasteiger partial charge is 0.497 e. The van der Waals surface area contributed by atoms with E-state index >= 15 is 0 Å². The molecule has 0 radical (unpaired) electrons. The van der Waals surface area contributed by atoms with Crippen molar-refractivity contribution >= 4 is 5.91 Å². The Hall–Kier alpha value is -2.06. The maximum atomic E-state index is 11.9. The fourth-order valence-corrected chi connectivity index (χ4v) is 2.72. The van der Waals surface area contributed by atoms with E-state index in [4.69, 9.17) is 10.00 Å². The summed E-state index contributed by atoms with van der Waals surface area (Å²) in [6, 6.07) is 10.4. The highest BCUT2D eigenvalue weighted by atomic mass is 16.5. The molecule has 1 fully saturated rings. The monoisotopic (exact) mass is 287 g/mol. The van der Waals surface area contributed by atoms with Crippen molar-refractivity contribution in [3.05, 3.63) is 29.8 Å². The van der Waals surface area contributed by atoms with Crippen molar-refractivity contribution in [3.63, 3.8) is 0 Å². The van der Waals surface area contributed by atoms with Crippen LogP contribution in [0.15, 0.2) is 24.3 Å². The highest BCUT2D eigenvalue weighted by Gasteiger charge is 2.27. The summed E-state index contributed by atoms with van der Waals surface area (Å²) >= 11 is 0. The third-order valence-corrected chi connectivity index (χ3v) is 3.77. The van der Waals surface area contributed by atoms with Gasteiger partial charge in [-0.1, -0.05) is 12.1 Å². The number of amides is 1. The summed E-state index contributed by atoms with van der Waals surface area (Å²) < 4.78 is 5.17. The van der Waals surface area contributed by atoms with Gasteiger partial charge in [0.05, 0.1) is 26.1 Å². The van der Waals surface area contributed by atoms with Gasteiger partial charge in [0.1, 0.15) is 5.75 Å². The van der Waals surface area contributed by atoms with Gasteiger partial charge in [0.25, 0.3) is 0 Å². The lowest BCUT2D eigenvalue weighted by atomic mass is 10.0. The number of carbonyl (C=O) groups is 1. The molecule has 2 rings (SSSR count). The van der Waals surface area contributed by atoms with Crippen LogP contribution in [0.3, 0.4) is 0 Å². The number of hydrogen-bond acceptors (Lipinski definition) is 4. The summed E-state index contributed by atoms with van der Waals surface area (Å²) in [6.07, 6.45) is 2.52. The van der Waals surface area contributed by atoms with Crippen LogP contribution >= 0.6 is 0 Å². The van der Waals surface area contributed by atoms with Crippen molar-refractivity contribution in [1.82, 2.24) is 10.2 Å². The molecular weight excluding hydrogens is 266 g/mol. The number of likely N-dealkylation sites (tertiary alicyclic amines) is 1. The van der Waals surface area contributed by atoms with E-state index in [1.165, 1.54) is 5.56 Å². The predicted molar refractivity (Wildman–Crippen MR) is 79.8 cm³/mol. The molecule has 1 aromatic carbocycles. The standard InChI is InChI=1S/C16H21N3O2/c1-21-14-7-5-13(6-8-14)15-4-2-11-19(15)12-16(20)18-10-3-9-17/h5-8,15H,2-4,10-12H2,1H3,(H,18,20)/t15-/m0/s1. The topological polar surface area (TPSA) is 65.4 Å². The van der Waals surface area contributed by atoms with Gasteiger partial charge < -0.3 is 10.1 Å². The molecule has 1 amide bonds. The second kappa shape index (κ2) is 7.65. The Balaban J connectivity index is 1.93. The van der Waals surface area contributed by atoms with Gasteiger partial charge in [0.2, 0.25) is 5.91 Å². The first-order valence-corrected chi connectivity index (χ1v) is 7.26. The van der Waals surface area contributed by atoms with Crippen LogP contribution in [0.2, 0.25) is 0 Å². The Morgan fingerprint density at radius 1 is 1.48 bits per heavy atom. The molecule has 0 aliphatic carbocycles. The number of benzene rings is 1. The average molecular weight is 287 g/mol. The number of nitrogens with one attached hydrogen (secondary N) is 1. The number of hydrogen-bond donors (Lipinski definition) is 1. The molecule has 5 nitrogen and oxygen atoms in total. The Labute approximate surface area is 125 Å². The molecule has 5 heteroatoms. The number of carbonyl (C=O) groups excluding carboxylic acids is 1. The van der Waals surface area contributed by atoms with Crippen molar-refractivity contribution < 1.29 is 9.53 Å². The van der Waals surface area contributed by atoms with Gasteiger partial charge in [0.15, 0.2) is 0 Å². The summed E-state index contributed by atoms with van der Waals surface area (Å²) in [5.74, 6) is 0.836. The number of nitriles is 1. The fourth-order valence-electron chi connectivity index (χ4n) is 2.72. The molecule has 1 heterocycles. The SMILES string of the molecule is COc1ccc([C@@H]2CCCN2CC(=O)NCCC#N)cc1. The minimum absolute atomic E-state index is 0.00865. The summed E-state index contributed by atoms with van der Waals surface area (Å²) in [4.78, 5) is 14.1. The number of ether oxygens (including phenoxy) is 1. The molecule has 1 atom stereocenters. The smallest absolute Gasteiger partial charge is 0.234 e. The summed E-state index contributed by atoms with van der Waals surface area (Å²) in [5.41, 5.74) is 1.22. The Morgan fingerprint density at radius 2 is 2.24 bits per heavy atom. The molecule has 1 aliphatic heterocycles. The Morgan fingerprint density at radius 3 is 2.90 bits per heavy atom. The molecule has 1 aliphatic rings. The third-order valence-electron chi connectivity index (χ3n) is 3.77. The van der Waals surface area contributed by atoms with Gasteiger partial charge >= 0.3 is 0 Å². The molecule has 1 N–H and O–H groups in total. The molecule has 0 saturated carbocycles. The zero-order chi connectivity index (χ0) is 15.1. The van der Waals surface area contributed by atoms with Gasteiger partial charge in [-0.2, -0.15) is 5.26 Å². The molecule has 0 aromatic heterocycles. The number of nitrogens with zero attached hydrogens (tertiary/aromatic N) is 2. The molecule has 0 unspecified atom stereocenters. The lowest BCUT2D eigenvalue weighted by Gasteiger charge is -2.24. The van der Waals surface area contributed by atoms with E-state index in [9.17, 15) is 4.79 Å². The summed E-state index contributed by atoms with van der Waals surface area (Å²) in [7, 11) is 1.66. The van der Waals surface area contributed by atoms with Crippen LogP contribution < -0.4 is 10.1 Å². The first kappa shape index (κ1) is 15.3. The summed E-state index contributed by atoms with van der Waals surface area (Å²) in [6.45, 7) is 1.75. The lowest BCUT2D eigenvalue weighted by molar-refractivity contribution is -0.122. The molecule has 0 bridgehead atoms. The minimum Gasteiger partial charge on any atom is -0.497 e. The first-order chi connectivity index (χ1) is 10.2. The van der Waals surface area contributed by atoms with Gasteiger partial charge in [-0.15, -0.1) is 0 Å². The van der Waals surface area contributed by atoms with E-state index in [0.29, 0.717) is 19.5 Å². The van der Waals surface area contributed by atoms with Crippen molar-refractivity contribution in [2.24, 2.45) is 0 Å². The van der Waals surface area contributed by atoms with Crippen LogP contribution in [0, 0.1) is 11.3 Å². The van der Waals surface area contributed by atoms with Gasteiger partial charge in [-0.3, -0.25) is 9.69 Å². The van der Waals surface area contributed by atoms with Crippen molar-refractivity contribution in [3.8, 4) is 11.8 Å². The zero-order valence-corrected chi connectivity index (χ0v) is 12.3. The first-order valence-electron chi connectivity index (χ1n) is 7.26. The second-order valence-corrected chi connectivity index (χ2v) is 5.16. The molecule has 1 saturated heterocycles. The molecular formula is C16H21N3O2. The van der Waals surface area contributed by atoms with E-state index < -0.39 is 0 Å². The third kappa shape index (κ3) is 4.20. The normalized spacial score (nSPS) is 18.2. The van der Waals surface area contributed by atoms with E-state index in [2.05, 4.69) is 22.3 Å². The van der Waals surface area contributed by atoms with Crippen LogP contribution in [0.4, 0.5) is 0 Å². The fraction of sp³-hybridized carbons (Fsp3) is 0.500. The average Bonchev–Trinajstić information content (AvgIpc) is 2.95. The number of rotatable bonds is 6. The Kier molecular flexibility index (Phi) is 5.59. The second-order valence-electron chi connectivity index (χ2n) is 5.16. The Bertz CT molecular complexity index is 507. The van der Waals surface area contributed by atoms with E-state index in [1.807, 2.05) is 18.2 Å². The van der Waals surface area contributed by atoms with Crippen LogP contribution in [-0.4, -0.2) is 37.6 Å². The maximum Gasteiger partial charge on any atom is 0.234 e. The highest BCUT2D eigenvalue weighted by molar-refractivity contribution is 5.78. The quantitative estimate of drug-likeness (QED) is 0.811. The molecule has 1 aromatic rings. The maximum absolute atomic E-state index is 11.9. The van der Waals surface area contributed by atoms with E-state index in [0.717, 1.165) is 25.1 Å². The van der Waals surface area contributed by atoms with Crippen molar-refractivity contribution in [1.29, 1.82) is 5.26 Å². The zero-order valence-electron chi connectivity index (χ0n) is 12.3. The van der Waals surface area contributed by atoms with E-state index in [1.54, 1.807) is 7.11 Å². The highest BCUT2D eigenvalue weighted by Crippen LogP contribution is 2.32. The van der Waals surface area contributed by atoms with Crippen LogP contribution in [0.25, 0.3) is 0 Å². The lowest BCUT2D eigenvalue weighted by Crippen LogP contribution is -2.37. The van der Waals surface area contributed by atoms with Crippen LogP contribution in [0.1, 0.15) is 30.9 Å². The van der Waals surface area contributed by atoms with Crippen molar-refractivity contribution in [2.75, 3.05) is 26.7 Å². The van der Waals surface area contributed by atoms with Crippen LogP contribution in [-0.2, 0) is 4.79 Å². The van der Waals surface area contributed by atoms with E-state index in [-0.39, 0.29) is 11.9 Å². The molecule has 21 heavy (non-hydrogen) atoms. The minimum atomic E-state index is -0.00865. The molecule has 0 spiro atoms. The summed E-state index contributed by atoms with van der Waals surface area (Å²) in [5, 5.41) is 11.3. The van der Waals surface area contributed by atoms with Gasteiger partial charge in [0, 0.05) is 12.6 Å².